The Morgan fingerprint density at radius 1 is 1.06 bits per heavy atom. The topological polar surface area (TPSA) is 0 Å². The predicted molar refractivity (Wildman–Crippen MR) is 78.4 cm³/mol. The Morgan fingerprint density at radius 2 is 1.65 bits per heavy atom. The molecule has 0 aliphatic rings. The average molecular weight is 228 g/mol. The molecule has 0 heteroatoms. The average Bonchev–Trinajstić information content (AvgIpc) is 2.29. The third-order valence-electron chi connectivity index (χ3n) is 3.83. The first-order chi connectivity index (χ1) is 7.90. The van der Waals surface area contributed by atoms with Gasteiger partial charge in [0, 0.05) is 0 Å². The zero-order valence-corrected chi connectivity index (χ0v) is 12.1. The first-order valence-electron chi connectivity index (χ1n) is 6.32. The zero-order chi connectivity index (χ0) is 13.2. The molecule has 0 atom stereocenters. The van der Waals surface area contributed by atoms with Crippen LogP contribution in [0.5, 0.6) is 0 Å². The number of aryl methyl sites for hydroxylation is 1. The summed E-state index contributed by atoms with van der Waals surface area (Å²) in [6.45, 7) is 17.1. The molecular weight excluding hydrogens is 204 g/mol. The van der Waals surface area contributed by atoms with Crippen LogP contribution in [0, 0.1) is 20.8 Å². The van der Waals surface area contributed by atoms with Crippen molar-refractivity contribution in [3.05, 3.63) is 52.1 Å². The van der Waals surface area contributed by atoms with Crippen molar-refractivity contribution in [1.82, 2.24) is 0 Å². The van der Waals surface area contributed by atoms with E-state index in [2.05, 4.69) is 60.3 Å². The van der Waals surface area contributed by atoms with Crippen LogP contribution in [0.15, 0.2) is 29.9 Å². The highest BCUT2D eigenvalue weighted by Crippen LogP contribution is 2.30. The summed E-state index contributed by atoms with van der Waals surface area (Å²) in [7, 11) is 0. The van der Waals surface area contributed by atoms with Crippen molar-refractivity contribution in [3.8, 4) is 0 Å². The maximum Gasteiger partial charge on any atom is -0.0190 e. The molecule has 0 spiro atoms. The molecule has 0 aliphatic carbocycles. The number of hydrogen-bond acceptors (Lipinski definition) is 0. The lowest BCUT2D eigenvalue weighted by atomic mass is 9.89. The molecule has 0 amide bonds. The first kappa shape index (κ1) is 13.8. The van der Waals surface area contributed by atoms with Crippen molar-refractivity contribution in [1.29, 1.82) is 0 Å². The SMILES string of the molecule is C=C(C)/C(C)=C(/CC)c1ccc(C)c(C)c1C. The van der Waals surface area contributed by atoms with Gasteiger partial charge in [-0.1, -0.05) is 31.2 Å². The van der Waals surface area contributed by atoms with Gasteiger partial charge in [0.1, 0.15) is 0 Å². The molecule has 1 aromatic rings. The van der Waals surface area contributed by atoms with Crippen molar-refractivity contribution in [3.63, 3.8) is 0 Å². The van der Waals surface area contributed by atoms with E-state index in [0.717, 1.165) is 6.42 Å². The molecule has 0 unspecified atom stereocenters. The van der Waals surface area contributed by atoms with Crippen molar-refractivity contribution in [2.24, 2.45) is 0 Å². The van der Waals surface area contributed by atoms with Crippen molar-refractivity contribution in [2.75, 3.05) is 0 Å². The maximum atomic E-state index is 4.06. The quantitative estimate of drug-likeness (QED) is 0.610. The molecule has 0 radical (unpaired) electrons. The number of benzene rings is 1. The molecule has 0 fully saturated rings. The third-order valence-corrected chi connectivity index (χ3v) is 3.83. The van der Waals surface area contributed by atoms with Crippen LogP contribution in [-0.2, 0) is 0 Å². The Morgan fingerprint density at radius 3 is 2.12 bits per heavy atom. The third kappa shape index (κ3) is 2.69. The minimum Gasteiger partial charge on any atom is -0.0958 e. The second-order valence-electron chi connectivity index (χ2n) is 4.92. The molecule has 17 heavy (non-hydrogen) atoms. The van der Waals surface area contributed by atoms with Gasteiger partial charge in [-0.3, -0.25) is 0 Å². The van der Waals surface area contributed by atoms with Gasteiger partial charge in [-0.25, -0.2) is 0 Å². The van der Waals surface area contributed by atoms with E-state index in [1.165, 1.54) is 39.0 Å². The molecule has 1 rings (SSSR count). The molecule has 1 aromatic carbocycles. The van der Waals surface area contributed by atoms with Crippen LogP contribution in [0.3, 0.4) is 0 Å². The van der Waals surface area contributed by atoms with Gasteiger partial charge in [-0.15, -0.1) is 0 Å². The van der Waals surface area contributed by atoms with Crippen LogP contribution in [0.25, 0.3) is 5.57 Å². The van der Waals surface area contributed by atoms with Gasteiger partial charge in [0.05, 0.1) is 0 Å². The van der Waals surface area contributed by atoms with Crippen molar-refractivity contribution < 1.29 is 0 Å². The summed E-state index contributed by atoms with van der Waals surface area (Å²) < 4.78 is 0. The van der Waals surface area contributed by atoms with Crippen LogP contribution in [0.2, 0.25) is 0 Å². The summed E-state index contributed by atoms with van der Waals surface area (Å²) in [4.78, 5) is 0. The number of rotatable bonds is 3. The second kappa shape index (κ2) is 5.35. The van der Waals surface area contributed by atoms with Gasteiger partial charge in [0.2, 0.25) is 0 Å². The van der Waals surface area contributed by atoms with E-state index in [1.54, 1.807) is 0 Å². The molecular formula is C17H24. The fourth-order valence-corrected chi connectivity index (χ4v) is 2.20. The van der Waals surface area contributed by atoms with E-state index in [4.69, 9.17) is 0 Å². The van der Waals surface area contributed by atoms with E-state index >= 15 is 0 Å². The molecule has 0 saturated heterocycles. The Hall–Kier alpha value is -1.30. The first-order valence-corrected chi connectivity index (χ1v) is 6.32. The Kier molecular flexibility index (Phi) is 4.34. The largest absolute Gasteiger partial charge is 0.0958 e. The molecule has 92 valence electrons. The summed E-state index contributed by atoms with van der Waals surface area (Å²) in [5, 5.41) is 0. The Balaban J connectivity index is 3.47. The van der Waals surface area contributed by atoms with E-state index in [-0.39, 0.29) is 0 Å². The smallest absolute Gasteiger partial charge is 0.0190 e. The predicted octanol–water partition coefficient (Wildman–Crippen LogP) is 5.37. The maximum absolute atomic E-state index is 4.06. The molecule has 0 N–H and O–H groups in total. The summed E-state index contributed by atoms with van der Waals surface area (Å²) in [6, 6.07) is 4.47. The summed E-state index contributed by atoms with van der Waals surface area (Å²) in [5.41, 5.74) is 9.49. The molecule has 0 aliphatic heterocycles. The fourth-order valence-electron chi connectivity index (χ4n) is 2.20. The highest BCUT2D eigenvalue weighted by Gasteiger charge is 2.10. The van der Waals surface area contributed by atoms with E-state index in [9.17, 15) is 0 Å². The van der Waals surface area contributed by atoms with E-state index < -0.39 is 0 Å². The standard InChI is InChI=1S/C17H24/c1-8-16(13(5)11(2)3)17-10-9-12(4)14(6)15(17)7/h9-10H,2,8H2,1,3-7H3/b16-13-. The van der Waals surface area contributed by atoms with Gasteiger partial charge in [-0.05, 0) is 74.4 Å². The molecule has 0 bridgehead atoms. The van der Waals surface area contributed by atoms with Crippen LogP contribution in [0.1, 0.15) is 49.4 Å². The van der Waals surface area contributed by atoms with Gasteiger partial charge < -0.3 is 0 Å². The van der Waals surface area contributed by atoms with Crippen LogP contribution in [0.4, 0.5) is 0 Å². The van der Waals surface area contributed by atoms with E-state index in [1.807, 2.05) is 0 Å². The van der Waals surface area contributed by atoms with Gasteiger partial charge in [-0.2, -0.15) is 0 Å². The normalized spacial score (nSPS) is 12.4. The fraction of sp³-hybridized carbons (Fsp3) is 0.412. The lowest BCUT2D eigenvalue weighted by Crippen LogP contribution is -1.96. The zero-order valence-electron chi connectivity index (χ0n) is 12.1. The monoisotopic (exact) mass is 228 g/mol. The summed E-state index contributed by atoms with van der Waals surface area (Å²) in [5.74, 6) is 0. The molecule has 0 saturated carbocycles. The summed E-state index contributed by atoms with van der Waals surface area (Å²) in [6.07, 6.45) is 1.06. The van der Waals surface area contributed by atoms with Crippen LogP contribution >= 0.6 is 0 Å². The van der Waals surface area contributed by atoms with Crippen LogP contribution in [-0.4, -0.2) is 0 Å². The Bertz CT molecular complexity index is 473. The van der Waals surface area contributed by atoms with Gasteiger partial charge >= 0.3 is 0 Å². The Labute approximate surface area is 106 Å². The number of hydrogen-bond donors (Lipinski definition) is 0. The molecule has 0 heterocycles. The van der Waals surface area contributed by atoms with Crippen LogP contribution < -0.4 is 0 Å². The number of allylic oxidation sites excluding steroid dienone is 3. The second-order valence-corrected chi connectivity index (χ2v) is 4.92. The van der Waals surface area contributed by atoms with Crippen molar-refractivity contribution >= 4 is 5.57 Å². The molecule has 0 aromatic heterocycles. The van der Waals surface area contributed by atoms with Gasteiger partial charge in [0.25, 0.3) is 0 Å². The molecule has 0 nitrogen and oxygen atoms in total. The van der Waals surface area contributed by atoms with E-state index in [0.29, 0.717) is 0 Å². The lowest BCUT2D eigenvalue weighted by Gasteiger charge is -2.16. The van der Waals surface area contributed by atoms with Gasteiger partial charge in [0.15, 0.2) is 0 Å². The minimum absolute atomic E-state index is 1.06. The minimum atomic E-state index is 1.06. The summed E-state index contributed by atoms with van der Waals surface area (Å²) >= 11 is 0. The van der Waals surface area contributed by atoms with Crippen molar-refractivity contribution in [2.45, 2.75) is 48.0 Å². The lowest BCUT2D eigenvalue weighted by molar-refractivity contribution is 1.16. The highest BCUT2D eigenvalue weighted by atomic mass is 14.1. The highest BCUT2D eigenvalue weighted by molar-refractivity contribution is 5.74.